The molecule has 0 saturated heterocycles. The van der Waals surface area contributed by atoms with Crippen molar-refractivity contribution in [2.45, 2.75) is 38.0 Å². The van der Waals surface area contributed by atoms with Crippen LogP contribution in [0.1, 0.15) is 43.5 Å². The van der Waals surface area contributed by atoms with Crippen LogP contribution in [0.25, 0.3) is 0 Å². The molecular weight excluding hydrogens is 232 g/mol. The van der Waals surface area contributed by atoms with Crippen molar-refractivity contribution >= 4 is 17.5 Å². The number of carbonyl (C=O) groups is 1. The maximum atomic E-state index is 11.6. The summed E-state index contributed by atoms with van der Waals surface area (Å²) in [5.41, 5.74) is 0.719. The normalized spacial score (nSPS) is 10.3. The number of benzene rings is 1. The van der Waals surface area contributed by atoms with Crippen molar-refractivity contribution in [2.24, 2.45) is 0 Å². The van der Waals surface area contributed by atoms with Crippen molar-refractivity contribution < 1.29 is 9.53 Å². The van der Waals surface area contributed by atoms with Gasteiger partial charge < -0.3 is 4.74 Å². The van der Waals surface area contributed by atoms with Gasteiger partial charge in [-0.1, -0.05) is 25.8 Å². The Balaban J connectivity index is 2.79. The van der Waals surface area contributed by atoms with Crippen LogP contribution < -0.4 is 4.74 Å². The molecule has 0 atom stereocenters. The molecule has 94 valence electrons. The van der Waals surface area contributed by atoms with Gasteiger partial charge in [-0.3, -0.25) is 4.79 Å². The lowest BCUT2D eigenvalue weighted by molar-refractivity contribution is 0.101. The number of methoxy groups -OCH3 is 1. The molecular formula is C14H20O2S. The van der Waals surface area contributed by atoms with Crippen LogP contribution in [-0.4, -0.2) is 18.6 Å². The lowest BCUT2D eigenvalue weighted by Crippen LogP contribution is -2.00. The van der Waals surface area contributed by atoms with E-state index >= 15 is 0 Å². The standard InChI is InChI=1S/C14H20O2S/c1-4-5-6-10-17-13-9-7-8-12(16-3)14(13)11(2)15/h7-9H,4-6,10H2,1-3H3. The molecule has 0 bridgehead atoms. The van der Waals surface area contributed by atoms with Crippen LogP contribution in [0.3, 0.4) is 0 Å². The van der Waals surface area contributed by atoms with Crippen molar-refractivity contribution in [3.63, 3.8) is 0 Å². The van der Waals surface area contributed by atoms with Crippen LogP contribution in [-0.2, 0) is 0 Å². The number of carbonyl (C=O) groups excluding carboxylic acids is 1. The summed E-state index contributed by atoms with van der Waals surface area (Å²) < 4.78 is 5.24. The largest absolute Gasteiger partial charge is 0.496 e. The first-order valence-corrected chi connectivity index (χ1v) is 7.00. The van der Waals surface area contributed by atoms with E-state index in [1.54, 1.807) is 25.8 Å². The highest BCUT2D eigenvalue weighted by Gasteiger charge is 2.13. The maximum Gasteiger partial charge on any atom is 0.164 e. The third-order valence-corrected chi connectivity index (χ3v) is 3.71. The molecule has 0 N–H and O–H groups in total. The predicted molar refractivity (Wildman–Crippen MR) is 73.2 cm³/mol. The second-order valence-corrected chi connectivity index (χ2v) is 5.08. The molecule has 2 nitrogen and oxygen atoms in total. The zero-order valence-electron chi connectivity index (χ0n) is 10.8. The van der Waals surface area contributed by atoms with Gasteiger partial charge in [0.25, 0.3) is 0 Å². The Morgan fingerprint density at radius 3 is 2.71 bits per heavy atom. The Labute approximate surface area is 108 Å². The molecule has 0 aliphatic carbocycles. The predicted octanol–water partition coefficient (Wildman–Crippen LogP) is 4.18. The second kappa shape index (κ2) is 7.38. The van der Waals surface area contributed by atoms with Crippen LogP contribution in [0, 0.1) is 0 Å². The van der Waals surface area contributed by atoms with E-state index in [0.29, 0.717) is 5.75 Å². The average molecular weight is 252 g/mol. The van der Waals surface area contributed by atoms with Crippen LogP contribution in [0.2, 0.25) is 0 Å². The van der Waals surface area contributed by atoms with Crippen molar-refractivity contribution in [3.05, 3.63) is 23.8 Å². The first-order chi connectivity index (χ1) is 8.20. The fourth-order valence-corrected chi connectivity index (χ4v) is 2.81. The quantitative estimate of drug-likeness (QED) is 0.414. The fourth-order valence-electron chi connectivity index (χ4n) is 1.68. The molecule has 0 radical (unpaired) electrons. The average Bonchev–Trinajstić information content (AvgIpc) is 2.33. The number of Topliss-reactive ketones (excluding diaryl/α,β-unsaturated/α-hetero) is 1. The van der Waals surface area contributed by atoms with Gasteiger partial charge in [-0.25, -0.2) is 0 Å². The van der Waals surface area contributed by atoms with E-state index in [1.165, 1.54) is 19.3 Å². The highest BCUT2D eigenvalue weighted by atomic mass is 32.2. The number of hydrogen-bond donors (Lipinski definition) is 0. The highest BCUT2D eigenvalue weighted by molar-refractivity contribution is 7.99. The molecule has 0 saturated carbocycles. The summed E-state index contributed by atoms with van der Waals surface area (Å²) in [6, 6.07) is 5.77. The van der Waals surface area contributed by atoms with Gasteiger partial charge in [0.2, 0.25) is 0 Å². The zero-order valence-corrected chi connectivity index (χ0v) is 11.6. The number of thioether (sulfide) groups is 1. The maximum absolute atomic E-state index is 11.6. The summed E-state index contributed by atoms with van der Waals surface area (Å²) >= 11 is 1.74. The van der Waals surface area contributed by atoms with Crippen molar-refractivity contribution in [3.8, 4) is 5.75 Å². The van der Waals surface area contributed by atoms with E-state index in [1.807, 2.05) is 18.2 Å². The van der Waals surface area contributed by atoms with Gasteiger partial charge in [-0.05, 0) is 31.2 Å². The van der Waals surface area contributed by atoms with Gasteiger partial charge in [0.1, 0.15) is 5.75 Å². The third-order valence-electron chi connectivity index (χ3n) is 2.57. The molecule has 0 heterocycles. The van der Waals surface area contributed by atoms with Gasteiger partial charge in [-0.15, -0.1) is 11.8 Å². The van der Waals surface area contributed by atoms with Crippen molar-refractivity contribution in [1.82, 2.24) is 0 Å². The zero-order chi connectivity index (χ0) is 12.7. The van der Waals surface area contributed by atoms with Crippen LogP contribution in [0.15, 0.2) is 23.1 Å². The monoisotopic (exact) mass is 252 g/mol. The Morgan fingerprint density at radius 1 is 1.35 bits per heavy atom. The van der Waals surface area contributed by atoms with Crippen LogP contribution >= 0.6 is 11.8 Å². The summed E-state index contributed by atoms with van der Waals surface area (Å²) in [5.74, 6) is 1.81. The summed E-state index contributed by atoms with van der Waals surface area (Å²) in [5, 5.41) is 0. The molecule has 3 heteroatoms. The number of hydrogen-bond acceptors (Lipinski definition) is 3. The fraction of sp³-hybridized carbons (Fsp3) is 0.500. The Bertz CT molecular complexity index is 374. The minimum Gasteiger partial charge on any atom is -0.496 e. The molecule has 1 aromatic rings. The van der Waals surface area contributed by atoms with E-state index in [4.69, 9.17) is 4.74 Å². The van der Waals surface area contributed by atoms with Crippen molar-refractivity contribution in [1.29, 1.82) is 0 Å². The molecule has 1 rings (SSSR count). The van der Waals surface area contributed by atoms with Crippen LogP contribution in [0.5, 0.6) is 5.75 Å². The number of ether oxygens (including phenoxy) is 1. The number of unbranched alkanes of at least 4 members (excludes halogenated alkanes) is 2. The van der Waals surface area contributed by atoms with E-state index in [-0.39, 0.29) is 5.78 Å². The van der Waals surface area contributed by atoms with E-state index in [9.17, 15) is 4.79 Å². The van der Waals surface area contributed by atoms with Crippen molar-refractivity contribution in [2.75, 3.05) is 12.9 Å². The molecule has 0 fully saturated rings. The molecule has 0 amide bonds. The Hall–Kier alpha value is -0.960. The SMILES string of the molecule is CCCCCSc1cccc(OC)c1C(C)=O. The smallest absolute Gasteiger partial charge is 0.164 e. The summed E-state index contributed by atoms with van der Waals surface area (Å²) in [7, 11) is 1.60. The Kier molecular flexibility index (Phi) is 6.12. The molecule has 17 heavy (non-hydrogen) atoms. The summed E-state index contributed by atoms with van der Waals surface area (Å²) in [6.45, 7) is 3.78. The topological polar surface area (TPSA) is 26.3 Å². The molecule has 0 aromatic heterocycles. The van der Waals surface area contributed by atoms with E-state index in [0.717, 1.165) is 16.2 Å². The van der Waals surface area contributed by atoms with Gasteiger partial charge in [0.15, 0.2) is 5.78 Å². The number of ketones is 1. The molecule has 0 aliphatic heterocycles. The third kappa shape index (κ3) is 4.08. The van der Waals surface area contributed by atoms with Gasteiger partial charge in [-0.2, -0.15) is 0 Å². The van der Waals surface area contributed by atoms with E-state index < -0.39 is 0 Å². The van der Waals surface area contributed by atoms with E-state index in [2.05, 4.69) is 6.92 Å². The number of rotatable bonds is 7. The minimum atomic E-state index is 0.0699. The van der Waals surface area contributed by atoms with Gasteiger partial charge >= 0.3 is 0 Å². The Morgan fingerprint density at radius 2 is 2.12 bits per heavy atom. The van der Waals surface area contributed by atoms with Crippen LogP contribution in [0.4, 0.5) is 0 Å². The molecule has 1 aromatic carbocycles. The summed E-state index contributed by atoms with van der Waals surface area (Å²) in [6.07, 6.45) is 3.65. The van der Waals surface area contributed by atoms with Gasteiger partial charge in [0.05, 0.1) is 12.7 Å². The molecule has 0 unspecified atom stereocenters. The minimum absolute atomic E-state index is 0.0699. The molecule has 0 aliphatic rings. The first-order valence-electron chi connectivity index (χ1n) is 6.01. The lowest BCUT2D eigenvalue weighted by atomic mass is 10.1. The van der Waals surface area contributed by atoms with Gasteiger partial charge in [0, 0.05) is 4.90 Å². The summed E-state index contributed by atoms with van der Waals surface area (Å²) in [4.78, 5) is 12.7. The first kappa shape index (κ1) is 14.1. The second-order valence-electron chi connectivity index (χ2n) is 3.95. The lowest BCUT2D eigenvalue weighted by Gasteiger charge is -2.10. The highest BCUT2D eigenvalue weighted by Crippen LogP contribution is 2.31. The molecule has 0 spiro atoms.